The first-order valence-electron chi connectivity index (χ1n) is 6.52. The van der Waals surface area contributed by atoms with Crippen molar-refractivity contribution < 1.29 is 13.9 Å². The van der Waals surface area contributed by atoms with Crippen molar-refractivity contribution in [2.24, 2.45) is 0 Å². The van der Waals surface area contributed by atoms with E-state index < -0.39 is 0 Å². The standard InChI is InChI=1S/C16H17BrFNO2/c1-19-9-12-7-13(17)4-6-16(12)21-10-11-3-5-14(20-2)8-15(11)18/h3-8,19H,9-10H2,1-2H3. The molecule has 0 unspecified atom stereocenters. The number of benzene rings is 2. The van der Waals surface area contributed by atoms with Gasteiger partial charge in [0.25, 0.3) is 0 Å². The molecule has 2 aromatic rings. The molecule has 5 heteroatoms. The number of ether oxygens (including phenoxy) is 2. The Labute approximate surface area is 132 Å². The van der Waals surface area contributed by atoms with Crippen molar-refractivity contribution in [1.82, 2.24) is 5.32 Å². The summed E-state index contributed by atoms with van der Waals surface area (Å²) in [6.07, 6.45) is 0. The van der Waals surface area contributed by atoms with Crippen molar-refractivity contribution in [2.75, 3.05) is 14.2 Å². The molecule has 0 aromatic heterocycles. The normalized spacial score (nSPS) is 10.5. The lowest BCUT2D eigenvalue weighted by atomic mass is 10.2. The van der Waals surface area contributed by atoms with Crippen LogP contribution in [0, 0.1) is 5.82 Å². The molecular weight excluding hydrogens is 337 g/mol. The number of nitrogens with one attached hydrogen (secondary N) is 1. The molecule has 1 N–H and O–H groups in total. The van der Waals surface area contributed by atoms with Crippen molar-refractivity contribution >= 4 is 15.9 Å². The fourth-order valence-corrected chi connectivity index (χ4v) is 2.35. The molecule has 0 aliphatic rings. The molecule has 0 atom stereocenters. The lowest BCUT2D eigenvalue weighted by Gasteiger charge is -2.12. The lowest BCUT2D eigenvalue weighted by molar-refractivity contribution is 0.295. The SMILES string of the molecule is CNCc1cc(Br)ccc1OCc1ccc(OC)cc1F. The lowest BCUT2D eigenvalue weighted by Crippen LogP contribution is -2.08. The van der Waals surface area contributed by atoms with E-state index in [2.05, 4.69) is 21.2 Å². The van der Waals surface area contributed by atoms with Gasteiger partial charge in [0.05, 0.1) is 7.11 Å². The number of hydrogen-bond acceptors (Lipinski definition) is 3. The fraction of sp³-hybridized carbons (Fsp3) is 0.250. The molecule has 0 saturated carbocycles. The second kappa shape index (κ2) is 7.43. The first-order chi connectivity index (χ1) is 10.1. The van der Waals surface area contributed by atoms with E-state index in [1.165, 1.54) is 13.2 Å². The summed E-state index contributed by atoms with van der Waals surface area (Å²) < 4.78 is 25.6. The summed E-state index contributed by atoms with van der Waals surface area (Å²) in [5.74, 6) is 0.903. The molecular formula is C16H17BrFNO2. The van der Waals surface area contributed by atoms with E-state index in [0.29, 0.717) is 17.9 Å². The van der Waals surface area contributed by atoms with Crippen LogP contribution in [0.2, 0.25) is 0 Å². The van der Waals surface area contributed by atoms with Gasteiger partial charge < -0.3 is 14.8 Å². The smallest absolute Gasteiger partial charge is 0.133 e. The molecule has 0 saturated heterocycles. The molecule has 0 amide bonds. The summed E-state index contributed by atoms with van der Waals surface area (Å²) in [7, 11) is 3.38. The van der Waals surface area contributed by atoms with Crippen LogP contribution < -0.4 is 14.8 Å². The van der Waals surface area contributed by atoms with Gasteiger partial charge in [0.15, 0.2) is 0 Å². The van der Waals surface area contributed by atoms with Gasteiger partial charge >= 0.3 is 0 Å². The first-order valence-corrected chi connectivity index (χ1v) is 7.31. The largest absolute Gasteiger partial charge is 0.497 e. The molecule has 0 bridgehead atoms. The van der Waals surface area contributed by atoms with Crippen LogP contribution in [0.3, 0.4) is 0 Å². The molecule has 21 heavy (non-hydrogen) atoms. The summed E-state index contributed by atoms with van der Waals surface area (Å²) in [4.78, 5) is 0. The van der Waals surface area contributed by atoms with Gasteiger partial charge in [-0.2, -0.15) is 0 Å². The molecule has 3 nitrogen and oxygen atoms in total. The molecule has 2 aromatic carbocycles. The van der Waals surface area contributed by atoms with Gasteiger partial charge in [-0.3, -0.25) is 0 Å². The maximum atomic E-state index is 13.9. The highest BCUT2D eigenvalue weighted by Gasteiger charge is 2.08. The van der Waals surface area contributed by atoms with E-state index in [0.717, 1.165) is 15.8 Å². The minimum absolute atomic E-state index is 0.175. The van der Waals surface area contributed by atoms with Gasteiger partial charge in [0.1, 0.15) is 23.9 Å². The zero-order valence-electron chi connectivity index (χ0n) is 12.0. The van der Waals surface area contributed by atoms with E-state index in [4.69, 9.17) is 9.47 Å². The maximum absolute atomic E-state index is 13.9. The number of halogens is 2. The Morgan fingerprint density at radius 1 is 1.14 bits per heavy atom. The van der Waals surface area contributed by atoms with Crippen LogP contribution in [0.4, 0.5) is 4.39 Å². The van der Waals surface area contributed by atoms with E-state index in [9.17, 15) is 4.39 Å². The third-order valence-corrected chi connectivity index (χ3v) is 3.53. The monoisotopic (exact) mass is 353 g/mol. The average molecular weight is 354 g/mol. The third-order valence-electron chi connectivity index (χ3n) is 3.03. The van der Waals surface area contributed by atoms with Crippen LogP contribution in [0.15, 0.2) is 40.9 Å². The number of methoxy groups -OCH3 is 1. The molecule has 2 rings (SSSR count). The predicted molar refractivity (Wildman–Crippen MR) is 84.2 cm³/mol. The summed E-state index contributed by atoms with van der Waals surface area (Å²) in [5.41, 5.74) is 1.51. The Balaban J connectivity index is 2.12. The Hall–Kier alpha value is -1.59. The van der Waals surface area contributed by atoms with Crippen LogP contribution in [0.1, 0.15) is 11.1 Å². The van der Waals surface area contributed by atoms with Gasteiger partial charge in [-0.1, -0.05) is 15.9 Å². The second-order valence-electron chi connectivity index (χ2n) is 4.53. The van der Waals surface area contributed by atoms with Crippen LogP contribution in [-0.2, 0) is 13.2 Å². The van der Waals surface area contributed by atoms with Gasteiger partial charge in [0, 0.05) is 28.2 Å². The van der Waals surface area contributed by atoms with E-state index in [-0.39, 0.29) is 12.4 Å². The molecule has 0 aliphatic heterocycles. The summed E-state index contributed by atoms with van der Waals surface area (Å²) in [6, 6.07) is 10.5. The van der Waals surface area contributed by atoms with Gasteiger partial charge in [-0.05, 0) is 37.4 Å². The summed E-state index contributed by atoms with van der Waals surface area (Å²) in [5, 5.41) is 3.08. The average Bonchev–Trinajstić information content (AvgIpc) is 2.48. The molecule has 0 aliphatic carbocycles. The highest BCUT2D eigenvalue weighted by Crippen LogP contribution is 2.25. The number of hydrogen-bond donors (Lipinski definition) is 1. The highest BCUT2D eigenvalue weighted by molar-refractivity contribution is 9.10. The summed E-state index contributed by atoms with van der Waals surface area (Å²) in [6.45, 7) is 0.855. The van der Waals surface area contributed by atoms with Gasteiger partial charge in [0.2, 0.25) is 0 Å². The topological polar surface area (TPSA) is 30.5 Å². The first kappa shape index (κ1) is 15.8. The predicted octanol–water partition coefficient (Wildman–Crippen LogP) is 3.90. The van der Waals surface area contributed by atoms with E-state index in [1.807, 2.05) is 25.2 Å². The van der Waals surface area contributed by atoms with Crippen molar-refractivity contribution in [3.05, 3.63) is 57.8 Å². The van der Waals surface area contributed by atoms with Crippen molar-refractivity contribution in [1.29, 1.82) is 0 Å². The van der Waals surface area contributed by atoms with E-state index in [1.54, 1.807) is 12.1 Å². The molecule has 0 fully saturated rings. The molecule has 0 spiro atoms. The Kier molecular flexibility index (Phi) is 5.59. The second-order valence-corrected chi connectivity index (χ2v) is 5.44. The van der Waals surface area contributed by atoms with Gasteiger partial charge in [-0.15, -0.1) is 0 Å². The van der Waals surface area contributed by atoms with Crippen molar-refractivity contribution in [3.63, 3.8) is 0 Å². The van der Waals surface area contributed by atoms with Gasteiger partial charge in [-0.25, -0.2) is 4.39 Å². The van der Waals surface area contributed by atoms with Crippen LogP contribution in [0.25, 0.3) is 0 Å². The zero-order valence-corrected chi connectivity index (χ0v) is 13.5. The maximum Gasteiger partial charge on any atom is 0.133 e. The van der Waals surface area contributed by atoms with Crippen molar-refractivity contribution in [3.8, 4) is 11.5 Å². The minimum atomic E-state index is -0.332. The molecule has 0 radical (unpaired) electrons. The van der Waals surface area contributed by atoms with Crippen LogP contribution in [0.5, 0.6) is 11.5 Å². The third kappa shape index (κ3) is 4.19. The van der Waals surface area contributed by atoms with Crippen molar-refractivity contribution in [2.45, 2.75) is 13.2 Å². The van der Waals surface area contributed by atoms with Crippen LogP contribution in [-0.4, -0.2) is 14.2 Å². The minimum Gasteiger partial charge on any atom is -0.497 e. The van der Waals surface area contributed by atoms with Crippen LogP contribution >= 0.6 is 15.9 Å². The highest BCUT2D eigenvalue weighted by atomic mass is 79.9. The quantitative estimate of drug-likeness (QED) is 0.854. The Bertz CT molecular complexity index is 619. The zero-order chi connectivity index (χ0) is 15.2. The Morgan fingerprint density at radius 3 is 2.62 bits per heavy atom. The molecule has 112 valence electrons. The number of rotatable bonds is 6. The fourth-order valence-electron chi connectivity index (χ4n) is 1.94. The molecule has 0 heterocycles. The van der Waals surface area contributed by atoms with E-state index >= 15 is 0 Å². The Morgan fingerprint density at radius 2 is 1.95 bits per heavy atom. The summed E-state index contributed by atoms with van der Waals surface area (Å²) >= 11 is 3.43.